The lowest BCUT2D eigenvalue weighted by molar-refractivity contribution is -0.241. The number of benzene rings is 1. The molecule has 5 nitrogen and oxygen atoms in total. The fourth-order valence-corrected chi connectivity index (χ4v) is 2.48. The smallest absolute Gasteiger partial charge is 0.376 e. The number of ether oxygens (including phenoxy) is 2. The Morgan fingerprint density at radius 2 is 1.58 bits per heavy atom. The van der Waals surface area contributed by atoms with Crippen LogP contribution in [0.2, 0.25) is 0 Å². The van der Waals surface area contributed by atoms with E-state index in [2.05, 4.69) is 6.92 Å². The Hall–Kier alpha value is -1.75. The lowest BCUT2D eigenvalue weighted by atomic mass is 10.1. The maximum atomic E-state index is 12.0. The summed E-state index contributed by atoms with van der Waals surface area (Å²) in [4.78, 5) is 21.9. The Morgan fingerprint density at radius 3 is 2.21 bits per heavy atom. The molecule has 1 aromatic carbocycles. The predicted molar refractivity (Wildman–Crippen MR) is 93.5 cm³/mol. The van der Waals surface area contributed by atoms with Gasteiger partial charge in [0.05, 0.1) is 20.8 Å². The fraction of sp³-hybridized carbons (Fsp3) is 0.632. The van der Waals surface area contributed by atoms with E-state index in [1.807, 2.05) is 0 Å². The second-order valence-electron chi connectivity index (χ2n) is 5.71. The normalized spacial score (nSPS) is 10.5. The number of methoxy groups -OCH3 is 2. The van der Waals surface area contributed by atoms with Gasteiger partial charge in [0.2, 0.25) is 0 Å². The van der Waals surface area contributed by atoms with Crippen LogP contribution >= 0.6 is 0 Å². The molecule has 0 saturated carbocycles. The van der Waals surface area contributed by atoms with Gasteiger partial charge >= 0.3 is 5.97 Å². The number of hydrogen-bond acceptors (Lipinski definition) is 5. The number of carbonyl (C=O) groups excluding carboxylic acids is 1. The summed E-state index contributed by atoms with van der Waals surface area (Å²) in [5.41, 5.74) is 0.285. The summed E-state index contributed by atoms with van der Waals surface area (Å²) < 4.78 is 10.4. The van der Waals surface area contributed by atoms with Crippen LogP contribution in [0.4, 0.5) is 0 Å². The molecule has 24 heavy (non-hydrogen) atoms. The van der Waals surface area contributed by atoms with Crippen LogP contribution in [-0.2, 0) is 9.78 Å². The van der Waals surface area contributed by atoms with Gasteiger partial charge < -0.3 is 9.47 Å². The summed E-state index contributed by atoms with van der Waals surface area (Å²) in [5.74, 6) is 0.251. The molecular weight excluding hydrogens is 308 g/mol. The van der Waals surface area contributed by atoms with E-state index in [1.165, 1.54) is 52.7 Å². The largest absolute Gasteiger partial charge is 0.493 e. The second kappa shape index (κ2) is 12.6. The number of para-hydroxylation sites is 1. The zero-order valence-electron chi connectivity index (χ0n) is 15.1. The quantitative estimate of drug-likeness (QED) is 0.290. The minimum absolute atomic E-state index is 0.285. The van der Waals surface area contributed by atoms with Crippen molar-refractivity contribution in [1.29, 1.82) is 0 Å². The van der Waals surface area contributed by atoms with Gasteiger partial charge in [-0.1, -0.05) is 57.9 Å². The molecule has 0 saturated heterocycles. The van der Waals surface area contributed by atoms with Crippen molar-refractivity contribution in [2.24, 2.45) is 0 Å². The summed E-state index contributed by atoms with van der Waals surface area (Å²) in [7, 11) is 3.00. The molecule has 0 atom stereocenters. The van der Waals surface area contributed by atoms with Gasteiger partial charge in [-0.15, -0.1) is 0 Å². The van der Waals surface area contributed by atoms with Crippen molar-refractivity contribution in [1.82, 2.24) is 0 Å². The second-order valence-corrected chi connectivity index (χ2v) is 5.71. The molecule has 1 rings (SSSR count). The van der Waals surface area contributed by atoms with E-state index >= 15 is 0 Å². The van der Waals surface area contributed by atoms with E-state index in [1.54, 1.807) is 18.2 Å². The van der Waals surface area contributed by atoms with E-state index in [0.717, 1.165) is 12.8 Å². The van der Waals surface area contributed by atoms with Crippen LogP contribution in [0.3, 0.4) is 0 Å². The zero-order chi connectivity index (χ0) is 17.6. The summed E-state index contributed by atoms with van der Waals surface area (Å²) in [6.07, 6.45) is 9.67. The minimum Gasteiger partial charge on any atom is -0.493 e. The van der Waals surface area contributed by atoms with E-state index in [-0.39, 0.29) is 5.56 Å². The predicted octanol–water partition coefficient (Wildman–Crippen LogP) is 4.93. The number of unbranched alkanes of at least 4 members (excludes halogenated alkanes) is 7. The molecule has 0 aliphatic heterocycles. The molecule has 0 bridgehead atoms. The van der Waals surface area contributed by atoms with E-state index < -0.39 is 5.97 Å². The first-order valence-electron chi connectivity index (χ1n) is 8.79. The number of hydrogen-bond donors (Lipinski definition) is 0. The fourth-order valence-electron chi connectivity index (χ4n) is 2.48. The van der Waals surface area contributed by atoms with Crippen LogP contribution in [0.1, 0.15) is 68.6 Å². The lowest BCUT2D eigenvalue weighted by Crippen LogP contribution is -2.09. The molecule has 0 radical (unpaired) electrons. The van der Waals surface area contributed by atoms with Crippen molar-refractivity contribution in [3.8, 4) is 11.5 Å². The molecule has 1 aromatic rings. The highest BCUT2D eigenvalue weighted by molar-refractivity contribution is 5.93. The molecule has 0 amide bonds. The monoisotopic (exact) mass is 338 g/mol. The maximum absolute atomic E-state index is 12.0. The van der Waals surface area contributed by atoms with Crippen molar-refractivity contribution < 1.29 is 24.0 Å². The number of rotatable bonds is 13. The molecule has 0 spiro atoms. The van der Waals surface area contributed by atoms with Crippen LogP contribution < -0.4 is 9.47 Å². The molecule has 0 aliphatic carbocycles. The van der Waals surface area contributed by atoms with Crippen molar-refractivity contribution in [3.63, 3.8) is 0 Å². The van der Waals surface area contributed by atoms with Gasteiger partial charge in [-0.2, -0.15) is 4.89 Å². The topological polar surface area (TPSA) is 54.0 Å². The Morgan fingerprint density at radius 1 is 0.917 bits per heavy atom. The molecule has 0 unspecified atom stereocenters. The average Bonchev–Trinajstić information content (AvgIpc) is 2.62. The molecule has 0 aromatic heterocycles. The standard InChI is InChI=1S/C19H30O5/c1-4-5-6-7-8-9-10-11-15-23-24-19(20)16-13-12-14-17(21-2)18(16)22-3/h12-14H,4-11,15H2,1-3H3. The highest BCUT2D eigenvalue weighted by atomic mass is 17.2. The first-order chi connectivity index (χ1) is 11.7. The zero-order valence-corrected chi connectivity index (χ0v) is 15.1. The molecule has 0 aliphatic rings. The highest BCUT2D eigenvalue weighted by Gasteiger charge is 2.18. The Kier molecular flexibility index (Phi) is 10.7. The van der Waals surface area contributed by atoms with E-state index in [0.29, 0.717) is 18.1 Å². The van der Waals surface area contributed by atoms with Gasteiger partial charge in [-0.25, -0.2) is 4.79 Å². The lowest BCUT2D eigenvalue weighted by Gasteiger charge is -2.11. The van der Waals surface area contributed by atoms with Gasteiger partial charge in [0.1, 0.15) is 5.56 Å². The minimum atomic E-state index is -0.578. The number of carbonyl (C=O) groups is 1. The Bertz CT molecular complexity index is 473. The maximum Gasteiger partial charge on any atom is 0.376 e. The van der Waals surface area contributed by atoms with Gasteiger partial charge in [-0.05, 0) is 18.6 Å². The van der Waals surface area contributed by atoms with Crippen molar-refractivity contribution >= 4 is 5.97 Å². The third-order valence-electron chi connectivity index (χ3n) is 3.84. The van der Waals surface area contributed by atoms with Crippen LogP contribution in [-0.4, -0.2) is 26.8 Å². The Labute approximate surface area is 145 Å². The Balaban J connectivity index is 2.21. The molecule has 136 valence electrons. The summed E-state index contributed by atoms with van der Waals surface area (Å²) >= 11 is 0. The van der Waals surface area contributed by atoms with Crippen molar-refractivity contribution in [3.05, 3.63) is 23.8 Å². The summed E-state index contributed by atoms with van der Waals surface area (Å²) in [6.45, 7) is 2.63. The first kappa shape index (κ1) is 20.3. The van der Waals surface area contributed by atoms with E-state index in [9.17, 15) is 4.79 Å². The SMILES string of the molecule is CCCCCCCCCCOOC(=O)c1cccc(OC)c1OC. The first-order valence-corrected chi connectivity index (χ1v) is 8.79. The van der Waals surface area contributed by atoms with Gasteiger partial charge in [0.25, 0.3) is 0 Å². The average molecular weight is 338 g/mol. The van der Waals surface area contributed by atoms with Crippen molar-refractivity contribution in [2.45, 2.75) is 58.3 Å². The van der Waals surface area contributed by atoms with Crippen LogP contribution in [0, 0.1) is 0 Å². The molecule has 0 N–H and O–H groups in total. The van der Waals surface area contributed by atoms with E-state index in [4.69, 9.17) is 19.2 Å². The summed E-state index contributed by atoms with van der Waals surface area (Å²) in [6, 6.07) is 5.04. The molecule has 0 fully saturated rings. The van der Waals surface area contributed by atoms with Crippen LogP contribution in [0.15, 0.2) is 18.2 Å². The van der Waals surface area contributed by atoms with Gasteiger partial charge in [0.15, 0.2) is 11.5 Å². The highest BCUT2D eigenvalue weighted by Crippen LogP contribution is 2.31. The van der Waals surface area contributed by atoms with Gasteiger partial charge in [0, 0.05) is 0 Å². The molecular formula is C19H30O5. The van der Waals surface area contributed by atoms with Crippen LogP contribution in [0.5, 0.6) is 11.5 Å². The van der Waals surface area contributed by atoms with Crippen molar-refractivity contribution in [2.75, 3.05) is 20.8 Å². The third-order valence-corrected chi connectivity index (χ3v) is 3.84. The summed E-state index contributed by atoms with van der Waals surface area (Å²) in [5, 5.41) is 0. The molecule has 0 heterocycles. The van der Waals surface area contributed by atoms with Crippen LogP contribution in [0.25, 0.3) is 0 Å². The van der Waals surface area contributed by atoms with Gasteiger partial charge in [-0.3, -0.25) is 4.89 Å². The third kappa shape index (κ3) is 7.21. The molecule has 5 heteroatoms.